The highest BCUT2D eigenvalue weighted by molar-refractivity contribution is 5.65. The van der Waals surface area contributed by atoms with Crippen molar-refractivity contribution in [3.8, 4) is 5.75 Å². The molecule has 0 aliphatic carbocycles. The molecule has 3 aromatic rings. The van der Waals surface area contributed by atoms with Crippen LogP contribution < -0.4 is 9.64 Å². The van der Waals surface area contributed by atoms with Crippen LogP contribution in [0.5, 0.6) is 5.75 Å². The molecule has 0 radical (unpaired) electrons. The van der Waals surface area contributed by atoms with Gasteiger partial charge in [-0.3, -0.25) is 9.30 Å². The van der Waals surface area contributed by atoms with E-state index in [0.717, 1.165) is 35.9 Å². The van der Waals surface area contributed by atoms with Gasteiger partial charge in [0, 0.05) is 38.1 Å². The average Bonchev–Trinajstić information content (AvgIpc) is 2.96. The number of likely N-dealkylation sites (N-methyl/N-ethyl adjacent to an activating group) is 1. The molecular formula is C18H19F3N6O. The van der Waals surface area contributed by atoms with Gasteiger partial charge in [0.2, 0.25) is 5.65 Å². The number of anilines is 1. The summed E-state index contributed by atoms with van der Waals surface area (Å²) < 4.78 is 42.5. The Labute approximate surface area is 159 Å². The molecule has 1 saturated heterocycles. The molecule has 0 amide bonds. The maximum Gasteiger partial charge on any atom is 0.573 e. The van der Waals surface area contributed by atoms with E-state index in [0.29, 0.717) is 12.6 Å². The van der Waals surface area contributed by atoms with E-state index in [4.69, 9.17) is 0 Å². The van der Waals surface area contributed by atoms with E-state index < -0.39 is 6.36 Å². The van der Waals surface area contributed by atoms with Gasteiger partial charge < -0.3 is 9.64 Å². The van der Waals surface area contributed by atoms with Gasteiger partial charge in [0.1, 0.15) is 11.6 Å². The summed E-state index contributed by atoms with van der Waals surface area (Å²) in [5.74, 6) is 1.41. The minimum Gasteiger partial charge on any atom is -0.406 e. The van der Waals surface area contributed by atoms with Crippen LogP contribution >= 0.6 is 0 Å². The van der Waals surface area contributed by atoms with E-state index in [-0.39, 0.29) is 5.75 Å². The summed E-state index contributed by atoms with van der Waals surface area (Å²) in [6.07, 6.45) is -1.10. The zero-order valence-corrected chi connectivity index (χ0v) is 15.4. The molecule has 0 bridgehead atoms. The first-order chi connectivity index (χ1) is 13.3. The highest BCUT2D eigenvalue weighted by Gasteiger charge is 2.33. The minimum atomic E-state index is -4.67. The van der Waals surface area contributed by atoms with Crippen molar-refractivity contribution in [3.05, 3.63) is 48.0 Å². The van der Waals surface area contributed by atoms with Gasteiger partial charge in [-0.15, -0.1) is 23.4 Å². The molecule has 0 atom stereocenters. The Bertz CT molecular complexity index is 966. The summed E-state index contributed by atoms with van der Waals surface area (Å²) in [7, 11) is 2.00. The number of fused-ring (bicyclic) bond motifs is 1. The van der Waals surface area contributed by atoms with Gasteiger partial charge in [-0.1, -0.05) is 12.1 Å². The molecule has 3 heterocycles. The average molecular weight is 392 g/mol. The van der Waals surface area contributed by atoms with Crippen molar-refractivity contribution < 1.29 is 17.9 Å². The Morgan fingerprint density at radius 2 is 1.89 bits per heavy atom. The molecule has 0 N–H and O–H groups in total. The van der Waals surface area contributed by atoms with Crippen LogP contribution in [-0.4, -0.2) is 57.0 Å². The standard InChI is InChI=1S/C18H19F3N6O/c1-12-23-24-17-16(22-7-8-27(12)17)26-10-14(11-26)25(2)9-13-3-5-15(6-4-13)28-18(19,20)21/h3-8,14H,9-11H2,1-2H3. The summed E-state index contributed by atoms with van der Waals surface area (Å²) in [6, 6.07) is 6.28. The van der Waals surface area contributed by atoms with Crippen LogP contribution in [0.3, 0.4) is 0 Å². The van der Waals surface area contributed by atoms with Crippen LogP contribution in [0, 0.1) is 6.92 Å². The van der Waals surface area contributed by atoms with Crippen molar-refractivity contribution in [1.82, 2.24) is 24.5 Å². The predicted molar refractivity (Wildman–Crippen MR) is 96.1 cm³/mol. The molecule has 1 aliphatic heterocycles. The third kappa shape index (κ3) is 3.72. The monoisotopic (exact) mass is 392 g/mol. The zero-order chi connectivity index (χ0) is 19.9. The molecule has 2 aromatic heterocycles. The molecule has 7 nitrogen and oxygen atoms in total. The van der Waals surface area contributed by atoms with Crippen LogP contribution in [0.4, 0.5) is 19.0 Å². The molecule has 0 unspecified atom stereocenters. The number of aromatic nitrogens is 4. The number of hydrogen-bond acceptors (Lipinski definition) is 6. The summed E-state index contributed by atoms with van der Waals surface area (Å²) in [5.41, 5.74) is 1.66. The molecule has 148 valence electrons. The van der Waals surface area contributed by atoms with E-state index in [9.17, 15) is 13.2 Å². The highest BCUT2D eigenvalue weighted by Crippen LogP contribution is 2.26. The van der Waals surface area contributed by atoms with Gasteiger partial charge in [0.05, 0.1) is 0 Å². The first kappa shape index (κ1) is 18.5. The number of hydrogen-bond donors (Lipinski definition) is 0. The van der Waals surface area contributed by atoms with Gasteiger partial charge in [0.15, 0.2) is 5.82 Å². The number of alkyl halides is 3. The number of rotatable bonds is 5. The van der Waals surface area contributed by atoms with Crippen molar-refractivity contribution >= 4 is 11.5 Å². The number of ether oxygens (including phenoxy) is 1. The Hall–Kier alpha value is -2.88. The normalized spacial score (nSPS) is 15.3. The van der Waals surface area contributed by atoms with Crippen LogP contribution in [0.1, 0.15) is 11.4 Å². The van der Waals surface area contributed by atoms with E-state index >= 15 is 0 Å². The molecule has 0 spiro atoms. The molecule has 0 saturated carbocycles. The fourth-order valence-electron chi connectivity index (χ4n) is 3.27. The number of halogens is 3. The van der Waals surface area contributed by atoms with Crippen molar-refractivity contribution in [2.45, 2.75) is 25.9 Å². The van der Waals surface area contributed by atoms with Crippen molar-refractivity contribution in [1.29, 1.82) is 0 Å². The van der Waals surface area contributed by atoms with E-state index in [1.807, 2.05) is 24.6 Å². The predicted octanol–water partition coefficient (Wildman–Crippen LogP) is 2.65. The first-order valence-corrected chi connectivity index (χ1v) is 8.76. The molecule has 1 aromatic carbocycles. The Morgan fingerprint density at radius 1 is 1.18 bits per heavy atom. The van der Waals surface area contributed by atoms with Gasteiger partial charge in [0.25, 0.3) is 0 Å². The lowest BCUT2D eigenvalue weighted by Gasteiger charge is -2.44. The first-order valence-electron chi connectivity index (χ1n) is 8.76. The Morgan fingerprint density at radius 3 is 2.57 bits per heavy atom. The lowest BCUT2D eigenvalue weighted by molar-refractivity contribution is -0.274. The summed E-state index contributed by atoms with van der Waals surface area (Å²) in [5, 5.41) is 8.29. The second-order valence-electron chi connectivity index (χ2n) is 6.86. The summed E-state index contributed by atoms with van der Waals surface area (Å²) >= 11 is 0. The molecule has 1 aliphatic rings. The van der Waals surface area contributed by atoms with Gasteiger partial charge in [-0.05, 0) is 31.7 Å². The summed E-state index contributed by atoms with van der Waals surface area (Å²) in [6.45, 7) is 4.11. The third-order valence-electron chi connectivity index (χ3n) is 4.85. The lowest BCUT2D eigenvalue weighted by Crippen LogP contribution is -2.58. The second-order valence-corrected chi connectivity index (χ2v) is 6.86. The molecule has 10 heteroatoms. The second kappa shape index (κ2) is 6.93. The quantitative estimate of drug-likeness (QED) is 0.666. The van der Waals surface area contributed by atoms with E-state index in [1.165, 1.54) is 12.1 Å². The SMILES string of the molecule is Cc1nnc2c(N3CC(N(C)Cc4ccc(OC(F)(F)F)cc4)C3)nccn12. The maximum atomic E-state index is 12.2. The van der Waals surface area contributed by atoms with Crippen molar-refractivity contribution in [2.24, 2.45) is 0 Å². The Kier molecular flexibility index (Phi) is 4.58. The largest absolute Gasteiger partial charge is 0.573 e. The van der Waals surface area contributed by atoms with Crippen molar-refractivity contribution in [3.63, 3.8) is 0 Å². The zero-order valence-electron chi connectivity index (χ0n) is 15.4. The minimum absolute atomic E-state index is 0.212. The number of nitrogens with zero attached hydrogens (tertiary/aromatic N) is 6. The van der Waals surface area contributed by atoms with Gasteiger partial charge in [-0.2, -0.15) is 0 Å². The fourth-order valence-corrected chi connectivity index (χ4v) is 3.27. The topological polar surface area (TPSA) is 58.8 Å². The Balaban J connectivity index is 1.35. The highest BCUT2D eigenvalue weighted by atomic mass is 19.4. The van der Waals surface area contributed by atoms with Crippen molar-refractivity contribution in [2.75, 3.05) is 25.0 Å². The van der Waals surface area contributed by atoms with Crippen LogP contribution in [0.15, 0.2) is 36.7 Å². The van der Waals surface area contributed by atoms with Gasteiger partial charge >= 0.3 is 6.36 Å². The van der Waals surface area contributed by atoms with Crippen LogP contribution in [0.2, 0.25) is 0 Å². The lowest BCUT2D eigenvalue weighted by atomic mass is 10.1. The van der Waals surface area contributed by atoms with E-state index in [1.54, 1.807) is 18.3 Å². The van der Waals surface area contributed by atoms with E-state index in [2.05, 4.69) is 29.7 Å². The van der Waals surface area contributed by atoms with Crippen LogP contribution in [0.25, 0.3) is 5.65 Å². The maximum absolute atomic E-state index is 12.2. The molecular weight excluding hydrogens is 373 g/mol. The van der Waals surface area contributed by atoms with Crippen LogP contribution in [-0.2, 0) is 6.54 Å². The summed E-state index contributed by atoms with van der Waals surface area (Å²) in [4.78, 5) is 8.75. The number of benzene rings is 1. The molecule has 4 rings (SSSR count). The molecule has 28 heavy (non-hydrogen) atoms. The third-order valence-corrected chi connectivity index (χ3v) is 4.85. The number of aryl methyl sites for hydroxylation is 1. The molecule has 1 fully saturated rings. The van der Waals surface area contributed by atoms with Gasteiger partial charge in [-0.25, -0.2) is 4.98 Å². The fraction of sp³-hybridized carbons (Fsp3) is 0.389. The smallest absolute Gasteiger partial charge is 0.406 e.